The van der Waals surface area contributed by atoms with E-state index >= 15 is 0 Å². The second-order valence-corrected chi connectivity index (χ2v) is 7.21. The van der Waals surface area contributed by atoms with Crippen LogP contribution in [0.5, 0.6) is 11.6 Å². The average molecular weight is 409 g/mol. The first-order chi connectivity index (χ1) is 13.9. The number of hydrogen-bond donors (Lipinski definition) is 2. The minimum atomic E-state index is -1.17. The van der Waals surface area contributed by atoms with Crippen molar-refractivity contribution in [2.75, 3.05) is 0 Å². The lowest BCUT2D eigenvalue weighted by atomic mass is 9.95. The van der Waals surface area contributed by atoms with Crippen molar-refractivity contribution in [1.29, 1.82) is 0 Å². The van der Waals surface area contributed by atoms with Gasteiger partial charge >= 0.3 is 5.97 Å². The number of benzene rings is 2. The molecule has 0 aliphatic heterocycles. The average Bonchev–Trinajstić information content (AvgIpc) is 2.70. The second-order valence-electron chi connectivity index (χ2n) is 6.85. The molecule has 0 unspecified atom stereocenters. The Morgan fingerprint density at radius 3 is 2.48 bits per heavy atom. The fraction of sp³-hybridized carbons (Fsp3) is 0.136. The number of rotatable bonds is 4. The zero-order valence-electron chi connectivity index (χ0n) is 15.7. The maximum absolute atomic E-state index is 12.1. The van der Waals surface area contributed by atoms with Crippen LogP contribution in [0.1, 0.15) is 24.3 Å². The van der Waals surface area contributed by atoms with Crippen LogP contribution in [0.3, 0.4) is 0 Å². The van der Waals surface area contributed by atoms with Crippen molar-refractivity contribution >= 4 is 39.1 Å². The van der Waals surface area contributed by atoms with E-state index in [1.807, 2.05) is 38.1 Å². The van der Waals surface area contributed by atoms with Crippen LogP contribution in [0, 0.1) is 0 Å². The lowest BCUT2D eigenvalue weighted by molar-refractivity contribution is 0.0689. The molecule has 0 spiro atoms. The van der Waals surface area contributed by atoms with E-state index in [4.69, 9.17) is 16.3 Å². The molecule has 0 bridgehead atoms. The van der Waals surface area contributed by atoms with Gasteiger partial charge in [-0.15, -0.1) is 0 Å². The third-order valence-corrected chi connectivity index (χ3v) is 4.83. The van der Waals surface area contributed by atoms with Crippen LogP contribution in [0.15, 0.2) is 48.7 Å². The van der Waals surface area contributed by atoms with Gasteiger partial charge in [0, 0.05) is 21.7 Å². The topological polar surface area (TPSA) is 92.5 Å². The summed E-state index contributed by atoms with van der Waals surface area (Å²) in [6.45, 7) is 3.71. The monoisotopic (exact) mass is 408 g/mol. The van der Waals surface area contributed by atoms with Gasteiger partial charge in [-0.3, -0.25) is 0 Å². The minimum Gasteiger partial charge on any atom is -0.506 e. The summed E-state index contributed by atoms with van der Waals surface area (Å²) >= 11 is 6.22. The summed E-state index contributed by atoms with van der Waals surface area (Å²) in [7, 11) is 0. The number of pyridine rings is 2. The highest BCUT2D eigenvalue weighted by atomic mass is 35.5. The molecule has 29 heavy (non-hydrogen) atoms. The summed E-state index contributed by atoms with van der Waals surface area (Å²) in [5.74, 6) is -0.896. The van der Waals surface area contributed by atoms with E-state index in [0.717, 1.165) is 0 Å². The van der Waals surface area contributed by atoms with E-state index in [9.17, 15) is 15.0 Å². The number of aromatic nitrogens is 2. The molecule has 0 atom stereocenters. The van der Waals surface area contributed by atoms with Gasteiger partial charge in [-0.05, 0) is 43.0 Å². The van der Waals surface area contributed by atoms with E-state index in [-0.39, 0.29) is 28.6 Å². The predicted octanol–water partition coefficient (Wildman–Crippen LogP) is 5.29. The molecule has 0 saturated heterocycles. The molecule has 7 heteroatoms. The summed E-state index contributed by atoms with van der Waals surface area (Å²) in [6, 6.07) is 12.5. The first-order valence-electron chi connectivity index (χ1n) is 8.97. The van der Waals surface area contributed by atoms with E-state index in [0.29, 0.717) is 32.7 Å². The number of hydrogen-bond acceptors (Lipinski definition) is 5. The number of halogens is 1. The third-order valence-electron chi connectivity index (χ3n) is 4.53. The second kappa shape index (κ2) is 7.22. The molecule has 2 heterocycles. The van der Waals surface area contributed by atoms with Crippen molar-refractivity contribution in [2.24, 2.45) is 0 Å². The highest BCUT2D eigenvalue weighted by Gasteiger charge is 2.22. The van der Waals surface area contributed by atoms with Crippen molar-refractivity contribution < 1.29 is 19.7 Å². The first-order valence-corrected chi connectivity index (χ1v) is 9.35. The van der Waals surface area contributed by atoms with Gasteiger partial charge in [0.25, 0.3) is 0 Å². The highest BCUT2D eigenvalue weighted by molar-refractivity contribution is 6.34. The fourth-order valence-electron chi connectivity index (χ4n) is 3.34. The Bertz CT molecular complexity index is 1270. The molecule has 2 N–H and O–H groups in total. The van der Waals surface area contributed by atoms with Gasteiger partial charge in [-0.25, -0.2) is 14.8 Å². The maximum Gasteiger partial charge on any atom is 0.355 e. The molecule has 0 saturated carbocycles. The molecule has 0 radical (unpaired) electrons. The minimum absolute atomic E-state index is 0.00178. The summed E-state index contributed by atoms with van der Waals surface area (Å²) in [4.78, 5) is 20.4. The maximum atomic E-state index is 12.1. The number of aromatic hydroxyl groups is 1. The molecule has 6 nitrogen and oxygen atoms in total. The Morgan fingerprint density at radius 2 is 1.79 bits per heavy atom. The van der Waals surface area contributed by atoms with Gasteiger partial charge in [0.2, 0.25) is 5.88 Å². The van der Waals surface area contributed by atoms with Crippen molar-refractivity contribution in [3.05, 3.63) is 59.5 Å². The lowest BCUT2D eigenvalue weighted by Crippen LogP contribution is -2.11. The van der Waals surface area contributed by atoms with Crippen LogP contribution in [0.2, 0.25) is 5.15 Å². The summed E-state index contributed by atoms with van der Waals surface area (Å²) < 4.78 is 5.78. The smallest absolute Gasteiger partial charge is 0.355 e. The lowest BCUT2D eigenvalue weighted by Gasteiger charge is -2.16. The third kappa shape index (κ3) is 3.32. The summed E-state index contributed by atoms with van der Waals surface area (Å²) in [5.41, 5.74) is 0.928. The Labute approximate surface area is 171 Å². The normalized spacial score (nSPS) is 11.3. The van der Waals surface area contributed by atoms with Crippen molar-refractivity contribution in [3.8, 4) is 22.8 Å². The number of ether oxygens (including phenoxy) is 1. The van der Waals surface area contributed by atoms with Gasteiger partial charge in [0.05, 0.1) is 12.3 Å². The van der Waals surface area contributed by atoms with Crippen molar-refractivity contribution in [3.63, 3.8) is 0 Å². The Balaban J connectivity index is 2.08. The van der Waals surface area contributed by atoms with Crippen LogP contribution in [0.4, 0.5) is 0 Å². The first kappa shape index (κ1) is 19.0. The van der Waals surface area contributed by atoms with Gasteiger partial charge in [0.1, 0.15) is 10.9 Å². The van der Waals surface area contributed by atoms with E-state index in [1.54, 1.807) is 18.2 Å². The SMILES string of the molecule is CC(C)Oc1nc(C(=O)O)c(-c2ccc3c(O)cnc(Cl)c3c2)c2ccccc12. The van der Waals surface area contributed by atoms with Crippen LogP contribution in [0.25, 0.3) is 32.7 Å². The number of carboxylic acids is 1. The van der Waals surface area contributed by atoms with Gasteiger partial charge in [0.15, 0.2) is 5.69 Å². The highest BCUT2D eigenvalue weighted by Crippen LogP contribution is 2.39. The summed E-state index contributed by atoms with van der Waals surface area (Å²) in [5, 5.41) is 22.6. The zero-order chi connectivity index (χ0) is 20.7. The Morgan fingerprint density at radius 1 is 1.07 bits per heavy atom. The molecule has 4 rings (SSSR count). The fourth-order valence-corrected chi connectivity index (χ4v) is 3.55. The number of nitrogens with zero attached hydrogens (tertiary/aromatic N) is 2. The van der Waals surface area contributed by atoms with Crippen LogP contribution in [-0.4, -0.2) is 32.3 Å². The molecule has 0 amide bonds. The molecule has 146 valence electrons. The number of fused-ring (bicyclic) bond motifs is 2. The molecule has 2 aromatic carbocycles. The number of carboxylic acid groups (broad SMARTS) is 1. The number of aromatic carboxylic acids is 1. The predicted molar refractivity (Wildman–Crippen MR) is 112 cm³/mol. The molecule has 4 aromatic rings. The molecule has 2 aromatic heterocycles. The van der Waals surface area contributed by atoms with Crippen molar-refractivity contribution in [1.82, 2.24) is 9.97 Å². The summed E-state index contributed by atoms with van der Waals surface area (Å²) in [6.07, 6.45) is 1.12. The van der Waals surface area contributed by atoms with E-state index in [2.05, 4.69) is 9.97 Å². The zero-order valence-corrected chi connectivity index (χ0v) is 16.4. The standard InChI is InChI=1S/C22H17ClN2O4/c1-11(2)29-21-15-6-4-3-5-14(15)18(19(25-21)22(27)28)12-7-8-13-16(9-12)20(23)24-10-17(13)26/h3-11,26H,1-2H3,(H,27,28). The number of carbonyl (C=O) groups is 1. The largest absolute Gasteiger partial charge is 0.506 e. The van der Waals surface area contributed by atoms with Gasteiger partial charge in [-0.2, -0.15) is 0 Å². The van der Waals surface area contributed by atoms with Crippen LogP contribution in [-0.2, 0) is 0 Å². The van der Waals surface area contributed by atoms with E-state index in [1.165, 1.54) is 6.20 Å². The van der Waals surface area contributed by atoms with Crippen LogP contribution >= 0.6 is 11.6 Å². The van der Waals surface area contributed by atoms with Gasteiger partial charge < -0.3 is 14.9 Å². The van der Waals surface area contributed by atoms with Crippen molar-refractivity contribution in [2.45, 2.75) is 20.0 Å². The van der Waals surface area contributed by atoms with Gasteiger partial charge in [-0.1, -0.05) is 35.9 Å². The quantitative estimate of drug-likeness (QED) is 0.445. The molecule has 0 aliphatic rings. The van der Waals surface area contributed by atoms with Crippen LogP contribution < -0.4 is 4.74 Å². The Hall–Kier alpha value is -3.38. The molecular formula is C22H17ClN2O4. The molecular weight excluding hydrogens is 392 g/mol. The molecule has 0 aliphatic carbocycles. The van der Waals surface area contributed by atoms with E-state index < -0.39 is 5.97 Å². The Kier molecular flexibility index (Phi) is 4.72. The molecule has 0 fully saturated rings.